The summed E-state index contributed by atoms with van der Waals surface area (Å²) in [5.41, 5.74) is 9.29. The summed E-state index contributed by atoms with van der Waals surface area (Å²) in [6.07, 6.45) is 4.99. The fourth-order valence-corrected chi connectivity index (χ4v) is 1.90. The van der Waals surface area contributed by atoms with Crippen molar-refractivity contribution in [1.29, 1.82) is 0 Å². The van der Waals surface area contributed by atoms with E-state index in [2.05, 4.69) is 30.0 Å². The summed E-state index contributed by atoms with van der Waals surface area (Å²) >= 11 is 0. The molecule has 2 N–H and O–H groups in total. The van der Waals surface area contributed by atoms with Gasteiger partial charge in [0.1, 0.15) is 0 Å². The number of benzene rings is 2. The molecule has 1 unspecified atom stereocenters. The lowest BCUT2D eigenvalue weighted by atomic mass is 10.0. The van der Waals surface area contributed by atoms with Crippen LogP contribution in [0.15, 0.2) is 66.7 Å². The van der Waals surface area contributed by atoms with Gasteiger partial charge < -0.3 is 5.73 Å². The average molecular weight is 261 g/mol. The lowest BCUT2D eigenvalue weighted by molar-refractivity contribution is 0.740. The van der Waals surface area contributed by atoms with Crippen LogP contribution in [0.5, 0.6) is 0 Å². The molecule has 2 aromatic carbocycles. The third-order valence-electron chi connectivity index (χ3n) is 3.09. The number of rotatable bonds is 3. The zero-order valence-electron chi connectivity index (χ0n) is 11.7. The minimum atomic E-state index is 0.0577. The summed E-state index contributed by atoms with van der Waals surface area (Å²) in [5.74, 6) is 6.32. The second kappa shape index (κ2) is 7.33. The van der Waals surface area contributed by atoms with E-state index in [1.54, 1.807) is 0 Å². The van der Waals surface area contributed by atoms with Crippen molar-refractivity contribution in [2.24, 2.45) is 5.73 Å². The Morgan fingerprint density at radius 2 is 1.55 bits per heavy atom. The molecule has 100 valence electrons. The van der Waals surface area contributed by atoms with E-state index in [-0.39, 0.29) is 6.04 Å². The van der Waals surface area contributed by atoms with Crippen LogP contribution in [0.3, 0.4) is 0 Å². The minimum Gasteiger partial charge on any atom is -0.324 e. The fraction of sp³-hybridized carbons (Fsp3) is 0.158. The van der Waals surface area contributed by atoms with Crippen molar-refractivity contribution < 1.29 is 0 Å². The molecule has 0 spiro atoms. The van der Waals surface area contributed by atoms with E-state index in [1.165, 1.54) is 0 Å². The van der Waals surface area contributed by atoms with Crippen molar-refractivity contribution in [1.82, 2.24) is 0 Å². The highest BCUT2D eigenvalue weighted by Gasteiger charge is 2.02. The Labute approximate surface area is 121 Å². The third-order valence-corrected chi connectivity index (χ3v) is 3.09. The van der Waals surface area contributed by atoms with Crippen LogP contribution >= 0.6 is 0 Å². The molecule has 1 nitrogen and oxygen atoms in total. The normalized spacial score (nSPS) is 11.9. The smallest absolute Gasteiger partial charge is 0.0329 e. The maximum Gasteiger partial charge on any atom is 0.0329 e. The van der Waals surface area contributed by atoms with Crippen molar-refractivity contribution in [3.8, 4) is 11.8 Å². The summed E-state index contributed by atoms with van der Waals surface area (Å²) in [7, 11) is 0. The van der Waals surface area contributed by atoms with Gasteiger partial charge in [0.15, 0.2) is 0 Å². The summed E-state index contributed by atoms with van der Waals surface area (Å²) < 4.78 is 0. The highest BCUT2D eigenvalue weighted by molar-refractivity contribution is 5.43. The van der Waals surface area contributed by atoms with Crippen molar-refractivity contribution in [3.05, 3.63) is 83.4 Å². The molecule has 2 rings (SSSR count). The van der Waals surface area contributed by atoms with E-state index in [0.717, 1.165) is 23.1 Å². The van der Waals surface area contributed by atoms with Gasteiger partial charge in [-0.25, -0.2) is 0 Å². The molecule has 20 heavy (non-hydrogen) atoms. The van der Waals surface area contributed by atoms with E-state index >= 15 is 0 Å². The van der Waals surface area contributed by atoms with Crippen LogP contribution in [-0.4, -0.2) is 0 Å². The lowest BCUT2D eigenvalue weighted by Crippen LogP contribution is -2.08. The quantitative estimate of drug-likeness (QED) is 0.654. The van der Waals surface area contributed by atoms with Gasteiger partial charge >= 0.3 is 0 Å². The maximum atomic E-state index is 6.11. The zero-order chi connectivity index (χ0) is 14.2. The van der Waals surface area contributed by atoms with E-state index in [4.69, 9.17) is 5.73 Å². The van der Waals surface area contributed by atoms with Crippen molar-refractivity contribution in [3.63, 3.8) is 0 Å². The molecule has 1 heteroatoms. The summed E-state index contributed by atoms with van der Waals surface area (Å²) in [4.78, 5) is 0. The molecular weight excluding hydrogens is 242 g/mol. The Hall–Kier alpha value is -2.30. The molecule has 0 aliphatic rings. The molecule has 0 aliphatic carbocycles. The van der Waals surface area contributed by atoms with Gasteiger partial charge in [0, 0.05) is 17.2 Å². The first-order valence-electron chi connectivity index (χ1n) is 6.83. The molecule has 0 saturated carbocycles. The summed E-state index contributed by atoms with van der Waals surface area (Å²) in [5, 5.41) is 0. The predicted octanol–water partition coefficient (Wildman–Crippen LogP) is 4.05. The summed E-state index contributed by atoms with van der Waals surface area (Å²) in [6.45, 7) is 2.01. The highest BCUT2D eigenvalue weighted by atomic mass is 14.6. The minimum absolute atomic E-state index is 0.0577. The van der Waals surface area contributed by atoms with Gasteiger partial charge in [-0.15, -0.1) is 0 Å². The third kappa shape index (κ3) is 4.12. The maximum absolute atomic E-state index is 6.11. The predicted molar refractivity (Wildman–Crippen MR) is 85.2 cm³/mol. The first kappa shape index (κ1) is 14.1. The molecule has 0 amide bonds. The number of hydrogen-bond donors (Lipinski definition) is 1. The van der Waals surface area contributed by atoms with E-state index < -0.39 is 0 Å². The van der Waals surface area contributed by atoms with Gasteiger partial charge in [0.2, 0.25) is 0 Å². The van der Waals surface area contributed by atoms with Crippen molar-refractivity contribution in [2.75, 3.05) is 0 Å². The molecule has 2 aromatic rings. The Balaban J connectivity index is 2.07. The molecule has 0 aromatic heterocycles. The van der Waals surface area contributed by atoms with Gasteiger partial charge in [0.05, 0.1) is 0 Å². The number of hydrogen-bond acceptors (Lipinski definition) is 1. The summed E-state index contributed by atoms with van der Waals surface area (Å²) in [6, 6.07) is 18.2. The van der Waals surface area contributed by atoms with Crippen LogP contribution in [0.4, 0.5) is 0 Å². The molecule has 0 radical (unpaired) electrons. The zero-order valence-corrected chi connectivity index (χ0v) is 11.7. The lowest BCUT2D eigenvalue weighted by Gasteiger charge is -2.09. The van der Waals surface area contributed by atoms with Gasteiger partial charge in [-0.05, 0) is 43.2 Å². The molecule has 0 fully saturated rings. The Morgan fingerprint density at radius 3 is 2.15 bits per heavy atom. The van der Waals surface area contributed by atoms with Crippen LogP contribution in [0.2, 0.25) is 0 Å². The molecule has 0 aliphatic heterocycles. The van der Waals surface area contributed by atoms with Gasteiger partial charge in [-0.3, -0.25) is 0 Å². The van der Waals surface area contributed by atoms with Gasteiger partial charge in [0.25, 0.3) is 0 Å². The van der Waals surface area contributed by atoms with Crippen molar-refractivity contribution in [2.45, 2.75) is 19.4 Å². The molecular formula is C19H19N. The second-order valence-electron chi connectivity index (χ2n) is 4.65. The largest absolute Gasteiger partial charge is 0.324 e. The number of nitrogens with two attached hydrogens (primary N) is 1. The second-order valence-corrected chi connectivity index (χ2v) is 4.65. The fourth-order valence-electron chi connectivity index (χ4n) is 1.90. The highest BCUT2D eigenvalue weighted by Crippen LogP contribution is 2.15. The number of allylic oxidation sites excluding steroid dienone is 1. The molecule has 0 bridgehead atoms. The Kier molecular flexibility index (Phi) is 5.17. The van der Waals surface area contributed by atoms with Gasteiger partial charge in [-0.2, -0.15) is 0 Å². The molecule has 0 saturated heterocycles. The Morgan fingerprint density at radius 1 is 0.950 bits per heavy atom. The first-order chi connectivity index (χ1) is 9.79. The van der Waals surface area contributed by atoms with Crippen LogP contribution in [0, 0.1) is 11.8 Å². The van der Waals surface area contributed by atoms with Crippen LogP contribution < -0.4 is 5.73 Å². The van der Waals surface area contributed by atoms with Crippen LogP contribution in [0.1, 0.15) is 36.1 Å². The van der Waals surface area contributed by atoms with E-state index in [0.29, 0.717) is 0 Å². The van der Waals surface area contributed by atoms with E-state index in [1.807, 2.05) is 55.5 Å². The average Bonchev–Trinajstić information content (AvgIpc) is 2.52. The van der Waals surface area contributed by atoms with Gasteiger partial charge in [-0.1, -0.05) is 54.3 Å². The van der Waals surface area contributed by atoms with Crippen LogP contribution in [0.25, 0.3) is 0 Å². The van der Waals surface area contributed by atoms with Crippen LogP contribution in [-0.2, 0) is 0 Å². The topological polar surface area (TPSA) is 26.0 Å². The standard InChI is InChI=1S/C19H19N/c1-2-3-9-19(20)18-14-12-17(13-15-18)11-10-16-7-5-4-6-8-16/h2-8,12-15,19H,9,20H2,1H3/b3-2-. The SMILES string of the molecule is C/C=C\CC(N)c1ccc(C#Cc2ccccc2)cc1. The molecule has 1 atom stereocenters. The monoisotopic (exact) mass is 261 g/mol. The van der Waals surface area contributed by atoms with E-state index in [9.17, 15) is 0 Å². The van der Waals surface area contributed by atoms with Crippen molar-refractivity contribution >= 4 is 0 Å². The first-order valence-corrected chi connectivity index (χ1v) is 6.83. The Bertz CT molecular complexity index is 612. The molecule has 0 heterocycles.